The van der Waals surface area contributed by atoms with Crippen LogP contribution in [-0.2, 0) is 0 Å². The van der Waals surface area contributed by atoms with Crippen LogP contribution in [-0.4, -0.2) is 58.8 Å². The van der Waals surface area contributed by atoms with Gasteiger partial charge in [-0.3, -0.25) is 4.79 Å². The maximum absolute atomic E-state index is 13.0. The fraction of sp³-hybridized carbons (Fsp3) is 0.208. The minimum atomic E-state index is -0.329. The van der Waals surface area contributed by atoms with Crippen molar-refractivity contribution in [1.29, 1.82) is 0 Å². The van der Waals surface area contributed by atoms with Gasteiger partial charge in [0.1, 0.15) is 11.5 Å². The van der Waals surface area contributed by atoms with Crippen LogP contribution in [0.2, 0.25) is 5.02 Å². The highest BCUT2D eigenvalue weighted by molar-refractivity contribution is 6.30. The third-order valence-electron chi connectivity index (χ3n) is 5.62. The van der Waals surface area contributed by atoms with Crippen molar-refractivity contribution in [3.8, 4) is 17.1 Å². The number of carbonyl (C=O) groups is 1. The number of rotatable bonds is 5. The predicted molar refractivity (Wildman–Crippen MR) is 128 cm³/mol. The fourth-order valence-corrected chi connectivity index (χ4v) is 3.87. The van der Waals surface area contributed by atoms with Crippen molar-refractivity contribution in [3.63, 3.8) is 0 Å². The highest BCUT2D eigenvalue weighted by Crippen LogP contribution is 2.26. The first-order chi connectivity index (χ1) is 16.1. The van der Waals surface area contributed by atoms with Crippen molar-refractivity contribution >= 4 is 29.0 Å². The number of amides is 1. The lowest BCUT2D eigenvalue weighted by Gasteiger charge is -2.33. The number of carbonyl (C=O) groups excluding carboxylic acids is 1. The Morgan fingerprint density at radius 3 is 2.52 bits per heavy atom. The van der Waals surface area contributed by atoms with Gasteiger partial charge < -0.3 is 19.5 Å². The number of pyridine rings is 1. The van der Waals surface area contributed by atoms with E-state index in [1.165, 1.54) is 0 Å². The van der Waals surface area contributed by atoms with Gasteiger partial charge in [0.15, 0.2) is 11.5 Å². The fourth-order valence-electron chi connectivity index (χ4n) is 3.75. The van der Waals surface area contributed by atoms with E-state index in [1.807, 2.05) is 30.3 Å². The normalized spacial score (nSPS) is 14.4. The molecule has 4 aromatic rings. The molecule has 0 spiro atoms. The predicted octanol–water partition coefficient (Wildman–Crippen LogP) is 4.18. The molecule has 1 amide bonds. The molecule has 1 saturated heterocycles. The Balaban J connectivity index is 1.36. The third kappa shape index (κ3) is 4.62. The van der Waals surface area contributed by atoms with Gasteiger partial charge in [-0.2, -0.15) is 5.10 Å². The Morgan fingerprint density at radius 1 is 1.06 bits per heavy atom. The van der Waals surface area contributed by atoms with Crippen LogP contribution in [0.1, 0.15) is 10.5 Å². The second-order valence-electron chi connectivity index (χ2n) is 7.93. The van der Waals surface area contributed by atoms with E-state index < -0.39 is 0 Å². The first kappa shape index (κ1) is 21.2. The van der Waals surface area contributed by atoms with Gasteiger partial charge in [0.2, 0.25) is 0 Å². The molecular formula is C24H23ClN6O2. The van der Waals surface area contributed by atoms with Gasteiger partial charge in [-0.15, -0.1) is 0 Å². The van der Waals surface area contributed by atoms with E-state index in [9.17, 15) is 4.79 Å². The van der Waals surface area contributed by atoms with E-state index in [-0.39, 0.29) is 11.6 Å². The summed E-state index contributed by atoms with van der Waals surface area (Å²) in [5, 5.41) is 8.04. The van der Waals surface area contributed by atoms with Crippen molar-refractivity contribution in [2.24, 2.45) is 0 Å². The summed E-state index contributed by atoms with van der Waals surface area (Å²) in [5.74, 6) is 1.19. The number of halogens is 1. The van der Waals surface area contributed by atoms with Gasteiger partial charge in [-0.1, -0.05) is 11.6 Å². The summed E-state index contributed by atoms with van der Waals surface area (Å²) < 4.78 is 7.22. The minimum Gasteiger partial charge on any atom is -0.463 e. The Labute approximate surface area is 196 Å². The maximum atomic E-state index is 13.0. The molecular weight excluding hydrogens is 440 g/mol. The molecule has 0 radical (unpaired) electrons. The van der Waals surface area contributed by atoms with E-state index in [1.54, 1.807) is 41.4 Å². The Kier molecular flexibility index (Phi) is 5.85. The molecule has 0 unspecified atom stereocenters. The van der Waals surface area contributed by atoms with E-state index in [4.69, 9.17) is 16.0 Å². The molecule has 5 rings (SSSR count). The van der Waals surface area contributed by atoms with Gasteiger partial charge in [0, 0.05) is 37.3 Å². The van der Waals surface area contributed by atoms with E-state index >= 15 is 0 Å². The monoisotopic (exact) mass is 462 g/mol. The molecule has 1 aliphatic rings. The minimum absolute atomic E-state index is 0.263. The zero-order valence-electron chi connectivity index (χ0n) is 18.1. The van der Waals surface area contributed by atoms with Gasteiger partial charge in [0.05, 0.1) is 23.8 Å². The van der Waals surface area contributed by atoms with Crippen molar-refractivity contribution in [1.82, 2.24) is 19.7 Å². The van der Waals surface area contributed by atoms with Crippen LogP contribution in [0.3, 0.4) is 0 Å². The van der Waals surface area contributed by atoms with Crippen LogP contribution in [0.4, 0.5) is 11.5 Å². The molecule has 1 aromatic carbocycles. The summed E-state index contributed by atoms with van der Waals surface area (Å²) in [6, 6.07) is 16.3. The topological polar surface area (TPSA) is 79.4 Å². The Hall–Kier alpha value is -3.62. The molecule has 3 aromatic heterocycles. The lowest BCUT2D eigenvalue weighted by atomic mass is 10.2. The highest BCUT2D eigenvalue weighted by Gasteiger charge is 2.19. The van der Waals surface area contributed by atoms with E-state index in [2.05, 4.69) is 32.2 Å². The summed E-state index contributed by atoms with van der Waals surface area (Å²) in [4.78, 5) is 22.0. The second kappa shape index (κ2) is 9.09. The lowest BCUT2D eigenvalue weighted by molar-refractivity contribution is 0.102. The van der Waals surface area contributed by atoms with Crippen LogP contribution < -0.4 is 10.2 Å². The molecule has 8 nitrogen and oxygen atoms in total. The van der Waals surface area contributed by atoms with Gasteiger partial charge in [0.25, 0.3) is 5.91 Å². The van der Waals surface area contributed by atoms with Crippen LogP contribution in [0, 0.1) is 0 Å². The standard InChI is InChI=1S/C24H23ClN6O2/c1-29-10-12-30(13-11-29)23-9-6-18(16-26-23)27-24(32)20-15-21(22-3-2-14-33-22)31(28-20)19-7-4-17(25)5-8-19/h2-9,14-16H,10-13H2,1H3,(H,27,32). The molecule has 33 heavy (non-hydrogen) atoms. The van der Waals surface area contributed by atoms with Crippen molar-refractivity contribution in [2.45, 2.75) is 0 Å². The highest BCUT2D eigenvalue weighted by atomic mass is 35.5. The number of likely N-dealkylation sites (N-methyl/N-ethyl adjacent to an activating group) is 1. The first-order valence-corrected chi connectivity index (χ1v) is 11.1. The summed E-state index contributed by atoms with van der Waals surface area (Å²) >= 11 is 6.03. The quantitative estimate of drug-likeness (QED) is 0.479. The second-order valence-corrected chi connectivity index (χ2v) is 8.37. The molecule has 1 fully saturated rings. The molecule has 0 bridgehead atoms. The Bertz CT molecular complexity index is 1230. The molecule has 4 heterocycles. The molecule has 1 N–H and O–H groups in total. The molecule has 1 aliphatic heterocycles. The largest absolute Gasteiger partial charge is 0.463 e. The van der Waals surface area contributed by atoms with Crippen LogP contribution in [0.15, 0.2) is 71.5 Å². The molecule has 0 aliphatic carbocycles. The van der Waals surface area contributed by atoms with Gasteiger partial charge in [-0.05, 0) is 55.6 Å². The summed E-state index contributed by atoms with van der Waals surface area (Å²) in [6.45, 7) is 3.89. The van der Waals surface area contributed by atoms with Crippen molar-refractivity contribution in [2.75, 3.05) is 43.4 Å². The van der Waals surface area contributed by atoms with Crippen molar-refractivity contribution in [3.05, 3.63) is 77.8 Å². The third-order valence-corrected chi connectivity index (χ3v) is 5.87. The zero-order chi connectivity index (χ0) is 22.8. The van der Waals surface area contributed by atoms with Crippen LogP contribution >= 0.6 is 11.6 Å². The molecule has 168 valence electrons. The molecule has 0 saturated carbocycles. The van der Waals surface area contributed by atoms with E-state index in [0.717, 1.165) is 37.7 Å². The number of hydrogen-bond donors (Lipinski definition) is 1. The number of benzene rings is 1. The maximum Gasteiger partial charge on any atom is 0.276 e. The first-order valence-electron chi connectivity index (χ1n) is 10.7. The van der Waals surface area contributed by atoms with Gasteiger partial charge in [-0.25, -0.2) is 9.67 Å². The lowest BCUT2D eigenvalue weighted by Crippen LogP contribution is -2.44. The van der Waals surface area contributed by atoms with Crippen LogP contribution in [0.25, 0.3) is 17.1 Å². The average Bonchev–Trinajstić information content (AvgIpc) is 3.51. The van der Waals surface area contributed by atoms with Crippen molar-refractivity contribution < 1.29 is 9.21 Å². The number of nitrogens with zero attached hydrogens (tertiary/aromatic N) is 5. The average molecular weight is 463 g/mol. The van der Waals surface area contributed by atoms with Crippen LogP contribution in [0.5, 0.6) is 0 Å². The summed E-state index contributed by atoms with van der Waals surface area (Å²) in [5.41, 5.74) is 2.30. The summed E-state index contributed by atoms with van der Waals surface area (Å²) in [7, 11) is 2.12. The smallest absolute Gasteiger partial charge is 0.276 e. The number of hydrogen-bond acceptors (Lipinski definition) is 6. The van der Waals surface area contributed by atoms with Gasteiger partial charge >= 0.3 is 0 Å². The number of nitrogens with one attached hydrogen (secondary N) is 1. The zero-order valence-corrected chi connectivity index (χ0v) is 18.9. The summed E-state index contributed by atoms with van der Waals surface area (Å²) in [6.07, 6.45) is 3.26. The molecule has 9 heteroatoms. The SMILES string of the molecule is CN1CCN(c2ccc(NC(=O)c3cc(-c4ccco4)n(-c4ccc(Cl)cc4)n3)cn2)CC1. The number of anilines is 2. The molecule has 0 atom stereocenters. The number of furan rings is 1. The Morgan fingerprint density at radius 2 is 1.85 bits per heavy atom. The number of piperazine rings is 1. The number of aromatic nitrogens is 3. The van der Waals surface area contributed by atoms with E-state index in [0.29, 0.717) is 22.2 Å².